The summed E-state index contributed by atoms with van der Waals surface area (Å²) in [7, 11) is -4.09. The third-order valence-corrected chi connectivity index (χ3v) is 5.86. The van der Waals surface area contributed by atoms with E-state index in [1.54, 1.807) is 23.1 Å². The molecule has 1 amide bonds. The number of carbonyl (C=O) groups is 2. The van der Waals surface area contributed by atoms with Crippen LogP contribution in [-0.4, -0.2) is 55.6 Å². The Morgan fingerprint density at radius 3 is 2.38 bits per heavy atom. The van der Waals surface area contributed by atoms with Crippen LogP contribution in [0.1, 0.15) is 34.6 Å². The van der Waals surface area contributed by atoms with Crippen molar-refractivity contribution >= 4 is 27.6 Å². The van der Waals surface area contributed by atoms with Crippen molar-refractivity contribution in [2.45, 2.75) is 31.0 Å². The van der Waals surface area contributed by atoms with E-state index in [9.17, 15) is 18.0 Å². The first-order chi connectivity index (χ1) is 13.7. The number of aromatic carboxylic acids is 1. The van der Waals surface area contributed by atoms with Crippen LogP contribution in [0.5, 0.6) is 0 Å². The van der Waals surface area contributed by atoms with Gasteiger partial charge < -0.3 is 14.7 Å². The van der Waals surface area contributed by atoms with Crippen LogP contribution in [0.15, 0.2) is 53.4 Å². The fraction of sp³-hybridized carbons (Fsp3) is 0.300. The highest BCUT2D eigenvalue weighted by molar-refractivity contribution is 7.92. The summed E-state index contributed by atoms with van der Waals surface area (Å²) in [6, 6.07) is 11.4. The summed E-state index contributed by atoms with van der Waals surface area (Å²) in [6.45, 7) is 4.57. The Morgan fingerprint density at radius 1 is 1.07 bits per heavy atom. The van der Waals surface area contributed by atoms with Gasteiger partial charge in [0, 0.05) is 13.1 Å². The summed E-state index contributed by atoms with van der Waals surface area (Å²) in [5.74, 6) is -1.53. The molecule has 2 aromatic carbocycles. The molecule has 0 spiro atoms. The highest BCUT2D eigenvalue weighted by atomic mass is 32.2. The Hall–Kier alpha value is -2.91. The molecule has 0 saturated carbocycles. The zero-order valence-electron chi connectivity index (χ0n) is 16.0. The molecular formula is C20H22N2O6S. The molecule has 1 fully saturated rings. The van der Waals surface area contributed by atoms with Crippen molar-refractivity contribution in [3.8, 4) is 0 Å². The van der Waals surface area contributed by atoms with Gasteiger partial charge in [-0.1, -0.05) is 18.2 Å². The molecule has 1 aliphatic rings. The maximum absolute atomic E-state index is 13.0. The number of morpholine rings is 1. The zero-order chi connectivity index (χ0) is 21.2. The van der Waals surface area contributed by atoms with E-state index < -0.39 is 16.0 Å². The van der Waals surface area contributed by atoms with Crippen LogP contribution in [0.2, 0.25) is 0 Å². The van der Waals surface area contributed by atoms with Gasteiger partial charge in [0.2, 0.25) is 0 Å². The van der Waals surface area contributed by atoms with E-state index >= 15 is 0 Å². The van der Waals surface area contributed by atoms with E-state index in [1.807, 2.05) is 13.8 Å². The molecule has 8 nitrogen and oxygen atoms in total. The number of amides is 1. The van der Waals surface area contributed by atoms with Crippen LogP contribution in [0.3, 0.4) is 0 Å². The Morgan fingerprint density at radius 2 is 1.72 bits per heavy atom. The lowest BCUT2D eigenvalue weighted by Crippen LogP contribution is -2.48. The summed E-state index contributed by atoms with van der Waals surface area (Å²) >= 11 is 0. The summed E-state index contributed by atoms with van der Waals surface area (Å²) < 4.78 is 33.6. The van der Waals surface area contributed by atoms with Crippen LogP contribution in [0.4, 0.5) is 5.69 Å². The molecule has 1 heterocycles. The van der Waals surface area contributed by atoms with Gasteiger partial charge in [-0.15, -0.1) is 0 Å². The maximum Gasteiger partial charge on any atom is 0.335 e. The molecular weight excluding hydrogens is 396 g/mol. The number of nitrogens with one attached hydrogen (secondary N) is 1. The van der Waals surface area contributed by atoms with E-state index in [0.717, 1.165) is 6.07 Å². The number of carboxylic acids is 1. The lowest BCUT2D eigenvalue weighted by atomic mass is 10.1. The lowest BCUT2D eigenvalue weighted by Gasteiger charge is -2.35. The SMILES string of the molecule is CC1CN(C(=O)c2ccccc2NS(=O)(=O)c2cccc(C(=O)O)c2)CC(C)O1. The monoisotopic (exact) mass is 418 g/mol. The number of ether oxygens (including phenoxy) is 1. The van der Waals surface area contributed by atoms with Gasteiger partial charge >= 0.3 is 5.97 Å². The fourth-order valence-corrected chi connectivity index (χ4v) is 4.40. The van der Waals surface area contributed by atoms with Crippen molar-refractivity contribution in [2.24, 2.45) is 0 Å². The average molecular weight is 418 g/mol. The van der Waals surface area contributed by atoms with Crippen LogP contribution in [0.25, 0.3) is 0 Å². The molecule has 0 aromatic heterocycles. The first-order valence-corrected chi connectivity index (χ1v) is 10.6. The van der Waals surface area contributed by atoms with Gasteiger partial charge in [-0.05, 0) is 44.2 Å². The van der Waals surface area contributed by atoms with Crippen molar-refractivity contribution in [2.75, 3.05) is 17.8 Å². The number of hydrogen-bond donors (Lipinski definition) is 2. The third-order valence-electron chi connectivity index (χ3n) is 4.50. The molecule has 9 heteroatoms. The summed E-state index contributed by atoms with van der Waals surface area (Å²) in [6.07, 6.45) is -0.240. The Balaban J connectivity index is 1.90. The predicted octanol–water partition coefficient (Wildman–Crippen LogP) is 2.44. The van der Waals surface area contributed by atoms with Gasteiger partial charge in [0.25, 0.3) is 15.9 Å². The normalized spacial score (nSPS) is 19.6. The fourth-order valence-electron chi connectivity index (χ4n) is 3.27. The average Bonchev–Trinajstić information content (AvgIpc) is 2.67. The lowest BCUT2D eigenvalue weighted by molar-refractivity contribution is -0.0585. The van der Waals surface area contributed by atoms with Crippen LogP contribution in [0, 0.1) is 0 Å². The number of anilines is 1. The number of carboxylic acid groups (broad SMARTS) is 1. The highest BCUT2D eigenvalue weighted by Crippen LogP contribution is 2.23. The minimum atomic E-state index is -4.09. The first-order valence-electron chi connectivity index (χ1n) is 9.07. The van der Waals surface area contributed by atoms with E-state index in [-0.39, 0.29) is 39.8 Å². The molecule has 1 saturated heterocycles. The van der Waals surface area contributed by atoms with Gasteiger partial charge in [-0.25, -0.2) is 13.2 Å². The highest BCUT2D eigenvalue weighted by Gasteiger charge is 2.28. The molecule has 2 unspecified atom stereocenters. The second kappa shape index (κ2) is 8.22. The third kappa shape index (κ3) is 4.75. The maximum atomic E-state index is 13.0. The molecule has 0 aliphatic carbocycles. The number of nitrogens with zero attached hydrogens (tertiary/aromatic N) is 1. The molecule has 154 valence electrons. The molecule has 2 N–H and O–H groups in total. The smallest absolute Gasteiger partial charge is 0.335 e. The largest absolute Gasteiger partial charge is 0.478 e. The van der Waals surface area contributed by atoms with Crippen LogP contribution in [-0.2, 0) is 14.8 Å². The van der Waals surface area contributed by atoms with Crippen molar-refractivity contribution in [1.29, 1.82) is 0 Å². The predicted molar refractivity (Wildman–Crippen MR) is 107 cm³/mol. The van der Waals surface area contributed by atoms with Gasteiger partial charge in [-0.3, -0.25) is 9.52 Å². The van der Waals surface area contributed by atoms with Gasteiger partial charge in [0.15, 0.2) is 0 Å². The van der Waals surface area contributed by atoms with E-state index in [4.69, 9.17) is 9.84 Å². The van der Waals surface area contributed by atoms with Crippen LogP contribution < -0.4 is 4.72 Å². The summed E-state index contributed by atoms with van der Waals surface area (Å²) in [5.41, 5.74) is 0.199. The van der Waals surface area contributed by atoms with E-state index in [0.29, 0.717) is 13.1 Å². The zero-order valence-corrected chi connectivity index (χ0v) is 16.8. The van der Waals surface area contributed by atoms with E-state index in [2.05, 4.69) is 4.72 Å². The Kier molecular flexibility index (Phi) is 5.90. The number of para-hydroxylation sites is 1. The van der Waals surface area contributed by atoms with E-state index in [1.165, 1.54) is 24.3 Å². The quantitative estimate of drug-likeness (QED) is 0.771. The molecule has 2 aromatic rings. The van der Waals surface area contributed by atoms with Crippen LogP contribution >= 0.6 is 0 Å². The van der Waals surface area contributed by atoms with Gasteiger partial charge in [0.1, 0.15) is 0 Å². The summed E-state index contributed by atoms with van der Waals surface area (Å²) in [5, 5.41) is 9.09. The molecule has 0 bridgehead atoms. The summed E-state index contributed by atoms with van der Waals surface area (Å²) in [4.78, 5) is 25.6. The van der Waals surface area contributed by atoms with Gasteiger partial charge in [-0.2, -0.15) is 0 Å². The first kappa shape index (κ1) is 20.8. The standard InChI is InChI=1S/C20H22N2O6S/c1-13-11-22(12-14(2)28-13)19(23)17-8-3-4-9-18(17)21-29(26,27)16-7-5-6-15(10-16)20(24)25/h3-10,13-14,21H,11-12H2,1-2H3,(H,24,25). The number of sulfonamides is 1. The molecule has 29 heavy (non-hydrogen) atoms. The second-order valence-corrected chi connectivity index (χ2v) is 8.63. The molecule has 1 aliphatic heterocycles. The number of carbonyl (C=O) groups excluding carboxylic acids is 1. The van der Waals surface area contributed by atoms with Crippen molar-refractivity contribution < 1.29 is 27.9 Å². The second-order valence-electron chi connectivity index (χ2n) is 6.95. The number of rotatable bonds is 5. The Bertz CT molecular complexity index is 1030. The topological polar surface area (TPSA) is 113 Å². The van der Waals surface area contributed by atoms with Crippen molar-refractivity contribution in [3.63, 3.8) is 0 Å². The van der Waals surface area contributed by atoms with Crippen molar-refractivity contribution in [1.82, 2.24) is 4.90 Å². The number of hydrogen-bond acceptors (Lipinski definition) is 5. The molecule has 2 atom stereocenters. The minimum absolute atomic E-state index is 0.120. The van der Waals surface area contributed by atoms with Crippen molar-refractivity contribution in [3.05, 3.63) is 59.7 Å². The molecule has 3 rings (SSSR count). The van der Waals surface area contributed by atoms with Gasteiger partial charge in [0.05, 0.1) is 33.9 Å². The molecule has 0 radical (unpaired) electrons. The Labute approximate surface area is 169 Å². The number of benzene rings is 2. The minimum Gasteiger partial charge on any atom is -0.478 e.